The second kappa shape index (κ2) is 9.19. The molecule has 0 saturated heterocycles. The lowest BCUT2D eigenvalue weighted by atomic mass is 10.1. The van der Waals surface area contributed by atoms with Gasteiger partial charge in [0.25, 0.3) is 5.56 Å². The van der Waals surface area contributed by atoms with Crippen molar-refractivity contribution < 1.29 is 4.79 Å². The number of carbonyl (C=O) groups is 1. The van der Waals surface area contributed by atoms with Crippen LogP contribution in [0.4, 0.5) is 0 Å². The summed E-state index contributed by atoms with van der Waals surface area (Å²) in [5.74, 6) is -0.230. The van der Waals surface area contributed by atoms with Gasteiger partial charge in [0.1, 0.15) is 18.3 Å². The van der Waals surface area contributed by atoms with Crippen molar-refractivity contribution in [1.82, 2.24) is 34.0 Å². The molecule has 5 rings (SSSR count). The number of amides is 1. The van der Waals surface area contributed by atoms with Crippen molar-refractivity contribution in [3.05, 3.63) is 94.3 Å². The molecule has 0 saturated carbocycles. The monoisotopic (exact) mass is 487 g/mol. The second-order valence-electron chi connectivity index (χ2n) is 8.22. The molecule has 3 heterocycles. The number of fused-ring (bicyclic) bond motifs is 1. The van der Waals surface area contributed by atoms with E-state index in [2.05, 4.69) is 10.1 Å². The summed E-state index contributed by atoms with van der Waals surface area (Å²) in [5.41, 5.74) is 3.59. The van der Waals surface area contributed by atoms with Gasteiger partial charge in [-0.15, -0.1) is 0 Å². The second-order valence-corrected chi connectivity index (χ2v) is 8.66. The van der Waals surface area contributed by atoms with E-state index < -0.39 is 0 Å². The highest BCUT2D eigenvalue weighted by Crippen LogP contribution is 2.26. The van der Waals surface area contributed by atoms with Crippen LogP contribution in [-0.2, 0) is 24.9 Å². The predicted octanol–water partition coefficient (Wildman–Crippen LogP) is 3.29. The summed E-state index contributed by atoms with van der Waals surface area (Å²) in [5, 5.41) is 9.86. The largest absolute Gasteiger partial charge is 0.340 e. The van der Waals surface area contributed by atoms with Crippen molar-refractivity contribution >= 4 is 28.5 Å². The van der Waals surface area contributed by atoms with Crippen molar-refractivity contribution in [2.45, 2.75) is 13.1 Å². The number of aromatic nitrogens is 6. The SMILES string of the molecule is CN(Cc1cn(-c2ccccc2)nc1-c1ccc(Cl)cc1)C(=O)Cn1cnc2c(cnn2C)c1=O. The Kier molecular flexibility index (Phi) is 5.92. The Labute approximate surface area is 205 Å². The maximum atomic E-state index is 13.1. The van der Waals surface area contributed by atoms with Crippen LogP contribution in [0.5, 0.6) is 0 Å². The molecule has 0 aliphatic rings. The molecule has 0 aliphatic heterocycles. The van der Waals surface area contributed by atoms with E-state index in [1.807, 2.05) is 60.8 Å². The molecular weight excluding hydrogens is 466 g/mol. The summed E-state index contributed by atoms with van der Waals surface area (Å²) < 4.78 is 4.62. The summed E-state index contributed by atoms with van der Waals surface area (Å²) in [4.78, 5) is 31.7. The minimum atomic E-state index is -0.302. The van der Waals surface area contributed by atoms with Crippen LogP contribution in [0.15, 0.2) is 78.1 Å². The number of likely N-dealkylation sites (N-methyl/N-ethyl adjacent to an activating group) is 1. The van der Waals surface area contributed by atoms with Crippen molar-refractivity contribution in [1.29, 1.82) is 0 Å². The first-order valence-electron chi connectivity index (χ1n) is 10.9. The molecule has 0 radical (unpaired) electrons. The van der Waals surface area contributed by atoms with Crippen LogP contribution in [0.25, 0.3) is 28.0 Å². The zero-order valence-corrected chi connectivity index (χ0v) is 19.9. The minimum Gasteiger partial charge on any atom is -0.340 e. The first kappa shape index (κ1) is 22.5. The standard InChI is InChI=1S/C25H22ClN7O2/c1-30(22(34)15-32-16-27-24-21(25(32)35)12-28-31(24)2)13-18-14-33(20-6-4-3-5-7-20)29-23(18)17-8-10-19(26)11-9-17/h3-12,14,16H,13,15H2,1-2H3. The van der Waals surface area contributed by atoms with Crippen LogP contribution in [0.3, 0.4) is 0 Å². The van der Waals surface area contributed by atoms with Gasteiger partial charge < -0.3 is 4.90 Å². The van der Waals surface area contributed by atoms with Crippen LogP contribution >= 0.6 is 11.6 Å². The Balaban J connectivity index is 1.43. The van der Waals surface area contributed by atoms with E-state index in [1.165, 1.54) is 21.8 Å². The van der Waals surface area contributed by atoms with Gasteiger partial charge in [-0.2, -0.15) is 10.2 Å². The predicted molar refractivity (Wildman–Crippen MR) is 133 cm³/mol. The van der Waals surface area contributed by atoms with Crippen LogP contribution in [0.1, 0.15) is 5.56 Å². The molecule has 5 aromatic rings. The number of carbonyl (C=O) groups excluding carboxylic acids is 1. The molecule has 0 unspecified atom stereocenters. The number of hydrogen-bond donors (Lipinski definition) is 0. The highest BCUT2D eigenvalue weighted by Gasteiger charge is 2.18. The third kappa shape index (κ3) is 4.45. The lowest BCUT2D eigenvalue weighted by Gasteiger charge is -2.17. The fourth-order valence-electron chi connectivity index (χ4n) is 3.88. The van der Waals surface area contributed by atoms with E-state index in [9.17, 15) is 9.59 Å². The molecule has 0 spiro atoms. The van der Waals surface area contributed by atoms with E-state index in [-0.39, 0.29) is 18.0 Å². The third-order valence-corrected chi connectivity index (χ3v) is 6.04. The van der Waals surface area contributed by atoms with Crippen molar-refractivity contribution in [3.63, 3.8) is 0 Å². The first-order valence-corrected chi connectivity index (χ1v) is 11.3. The lowest BCUT2D eigenvalue weighted by Crippen LogP contribution is -2.33. The zero-order valence-electron chi connectivity index (χ0n) is 19.2. The number of benzene rings is 2. The molecule has 176 valence electrons. The highest BCUT2D eigenvalue weighted by molar-refractivity contribution is 6.30. The van der Waals surface area contributed by atoms with Crippen molar-refractivity contribution in [3.8, 4) is 16.9 Å². The van der Waals surface area contributed by atoms with E-state index in [1.54, 1.807) is 23.7 Å². The van der Waals surface area contributed by atoms with Crippen LogP contribution in [-0.4, -0.2) is 47.0 Å². The molecule has 0 bridgehead atoms. The van der Waals surface area contributed by atoms with Gasteiger partial charge in [0.15, 0.2) is 5.65 Å². The molecule has 1 amide bonds. The normalized spacial score (nSPS) is 11.2. The van der Waals surface area contributed by atoms with Crippen LogP contribution < -0.4 is 5.56 Å². The fraction of sp³-hybridized carbons (Fsp3) is 0.160. The van der Waals surface area contributed by atoms with Gasteiger partial charge >= 0.3 is 0 Å². The Hall–Kier alpha value is -4.24. The molecular formula is C25H22ClN7O2. The highest BCUT2D eigenvalue weighted by atomic mass is 35.5. The molecule has 0 aliphatic carbocycles. The van der Waals surface area contributed by atoms with Gasteiger partial charge in [0.05, 0.1) is 17.6 Å². The molecule has 2 aromatic carbocycles. The minimum absolute atomic E-state index is 0.129. The summed E-state index contributed by atoms with van der Waals surface area (Å²) in [6.07, 6.45) is 4.76. The number of para-hydroxylation sites is 1. The number of nitrogens with zero attached hydrogens (tertiary/aromatic N) is 7. The van der Waals surface area contributed by atoms with Crippen LogP contribution in [0, 0.1) is 0 Å². The van der Waals surface area contributed by atoms with Crippen molar-refractivity contribution in [2.75, 3.05) is 7.05 Å². The summed E-state index contributed by atoms with van der Waals surface area (Å²) in [6, 6.07) is 17.2. The molecule has 0 fully saturated rings. The van der Waals surface area contributed by atoms with E-state index in [0.717, 1.165) is 22.5 Å². The maximum absolute atomic E-state index is 13.1. The Morgan fingerprint density at radius 1 is 1.09 bits per heavy atom. The smallest absolute Gasteiger partial charge is 0.264 e. The van der Waals surface area contributed by atoms with Gasteiger partial charge in [-0.25, -0.2) is 9.67 Å². The van der Waals surface area contributed by atoms with E-state index >= 15 is 0 Å². The number of aryl methyl sites for hydroxylation is 1. The Morgan fingerprint density at radius 3 is 2.57 bits per heavy atom. The summed E-state index contributed by atoms with van der Waals surface area (Å²) in [6.45, 7) is 0.178. The van der Waals surface area contributed by atoms with Crippen molar-refractivity contribution in [2.24, 2.45) is 7.05 Å². The Bertz CT molecular complexity index is 1570. The molecule has 0 N–H and O–H groups in total. The summed E-state index contributed by atoms with van der Waals surface area (Å²) in [7, 11) is 3.42. The molecule has 10 heteroatoms. The third-order valence-electron chi connectivity index (χ3n) is 5.79. The molecule has 0 atom stereocenters. The Morgan fingerprint density at radius 2 is 1.83 bits per heavy atom. The molecule has 35 heavy (non-hydrogen) atoms. The van der Waals surface area contributed by atoms with Gasteiger partial charge in [0, 0.05) is 43.0 Å². The number of halogens is 1. The zero-order chi connectivity index (χ0) is 24.5. The average Bonchev–Trinajstić information content (AvgIpc) is 3.46. The quantitative estimate of drug-likeness (QED) is 0.366. The van der Waals surface area contributed by atoms with Gasteiger partial charge in [0.2, 0.25) is 5.91 Å². The van der Waals surface area contributed by atoms with Crippen LogP contribution in [0.2, 0.25) is 5.02 Å². The summed E-state index contributed by atoms with van der Waals surface area (Å²) >= 11 is 6.08. The van der Waals surface area contributed by atoms with E-state index in [4.69, 9.17) is 16.7 Å². The number of rotatable bonds is 6. The topological polar surface area (TPSA) is 90.8 Å². The molecule has 3 aromatic heterocycles. The first-order chi connectivity index (χ1) is 16.9. The average molecular weight is 488 g/mol. The van der Waals surface area contributed by atoms with Gasteiger partial charge in [-0.05, 0) is 24.3 Å². The fourth-order valence-corrected chi connectivity index (χ4v) is 4.00. The maximum Gasteiger partial charge on any atom is 0.264 e. The van der Waals surface area contributed by atoms with Gasteiger partial charge in [-0.3, -0.25) is 18.8 Å². The van der Waals surface area contributed by atoms with E-state index in [0.29, 0.717) is 22.6 Å². The lowest BCUT2D eigenvalue weighted by molar-refractivity contribution is -0.131. The molecule has 9 nitrogen and oxygen atoms in total. The number of hydrogen-bond acceptors (Lipinski definition) is 5. The van der Waals surface area contributed by atoms with Gasteiger partial charge in [-0.1, -0.05) is 41.9 Å².